The summed E-state index contributed by atoms with van der Waals surface area (Å²) in [6, 6.07) is 19.8. The van der Waals surface area contributed by atoms with Gasteiger partial charge in [-0.3, -0.25) is 4.98 Å². The van der Waals surface area contributed by atoms with Crippen LogP contribution in [0.2, 0.25) is 0 Å². The molecule has 1 saturated carbocycles. The van der Waals surface area contributed by atoms with E-state index in [0.29, 0.717) is 6.04 Å². The number of aromatic nitrogens is 2. The Morgan fingerprint density at radius 1 is 1.03 bits per heavy atom. The lowest BCUT2D eigenvalue weighted by Crippen LogP contribution is -2.38. The van der Waals surface area contributed by atoms with Crippen LogP contribution < -0.4 is 5.32 Å². The molecule has 29 heavy (non-hydrogen) atoms. The first-order valence-corrected chi connectivity index (χ1v) is 10.9. The summed E-state index contributed by atoms with van der Waals surface area (Å²) >= 11 is 5.86. The quantitative estimate of drug-likeness (QED) is 0.616. The zero-order valence-electron chi connectivity index (χ0n) is 16.7. The van der Waals surface area contributed by atoms with E-state index >= 15 is 0 Å². The smallest absolute Gasteiger partial charge is 0.170 e. The molecule has 2 aromatic heterocycles. The highest BCUT2D eigenvalue weighted by Crippen LogP contribution is 2.43. The molecule has 2 atom stereocenters. The number of nitrogens with zero attached hydrogens (tertiary/aromatic N) is 3. The van der Waals surface area contributed by atoms with E-state index < -0.39 is 0 Å². The van der Waals surface area contributed by atoms with Gasteiger partial charge in [0.05, 0.1) is 17.8 Å². The van der Waals surface area contributed by atoms with Crippen molar-refractivity contribution < 1.29 is 0 Å². The highest BCUT2D eigenvalue weighted by atomic mass is 32.1. The maximum absolute atomic E-state index is 5.86. The highest BCUT2D eigenvalue weighted by Gasteiger charge is 2.44. The lowest BCUT2D eigenvalue weighted by atomic mass is 9.99. The first-order valence-electron chi connectivity index (χ1n) is 10.5. The molecule has 3 heterocycles. The Morgan fingerprint density at radius 2 is 1.90 bits per heavy atom. The van der Waals surface area contributed by atoms with Gasteiger partial charge in [0.15, 0.2) is 5.11 Å². The predicted octanol–water partition coefficient (Wildman–Crippen LogP) is 5.10. The molecule has 2 fully saturated rings. The van der Waals surface area contributed by atoms with Crippen molar-refractivity contribution in [2.24, 2.45) is 0 Å². The third-order valence-corrected chi connectivity index (χ3v) is 6.55. The fourth-order valence-corrected chi connectivity index (χ4v) is 5.30. The summed E-state index contributed by atoms with van der Waals surface area (Å²) in [6.45, 7) is 2.14. The van der Waals surface area contributed by atoms with Gasteiger partial charge in [0.25, 0.3) is 0 Å². The van der Waals surface area contributed by atoms with Crippen LogP contribution in [0.3, 0.4) is 0 Å². The second-order valence-electron chi connectivity index (χ2n) is 8.11. The third kappa shape index (κ3) is 3.33. The average molecular weight is 403 g/mol. The molecule has 1 aromatic carbocycles. The van der Waals surface area contributed by atoms with Crippen LogP contribution in [0, 0.1) is 6.92 Å². The van der Waals surface area contributed by atoms with Gasteiger partial charge in [-0.1, -0.05) is 31.0 Å². The van der Waals surface area contributed by atoms with Crippen LogP contribution in [-0.4, -0.2) is 25.6 Å². The molecule has 148 valence electrons. The summed E-state index contributed by atoms with van der Waals surface area (Å²) in [5.74, 6) is 0. The van der Waals surface area contributed by atoms with Crippen LogP contribution in [-0.2, 0) is 0 Å². The topological polar surface area (TPSA) is 33.1 Å². The van der Waals surface area contributed by atoms with Crippen molar-refractivity contribution in [1.29, 1.82) is 0 Å². The molecule has 2 aliphatic rings. The Hall–Kier alpha value is -2.66. The maximum atomic E-state index is 5.86. The van der Waals surface area contributed by atoms with E-state index in [2.05, 4.69) is 81.4 Å². The summed E-state index contributed by atoms with van der Waals surface area (Å²) in [7, 11) is 0. The van der Waals surface area contributed by atoms with Gasteiger partial charge in [-0.15, -0.1) is 0 Å². The number of pyridine rings is 1. The third-order valence-electron chi connectivity index (χ3n) is 6.22. The van der Waals surface area contributed by atoms with E-state index in [1.807, 2.05) is 12.3 Å². The highest BCUT2D eigenvalue weighted by molar-refractivity contribution is 7.80. The molecular weight excluding hydrogens is 376 g/mol. The van der Waals surface area contributed by atoms with Gasteiger partial charge in [0, 0.05) is 29.8 Å². The van der Waals surface area contributed by atoms with Gasteiger partial charge in [0.1, 0.15) is 0 Å². The molecule has 4 nitrogen and oxygen atoms in total. The van der Waals surface area contributed by atoms with Gasteiger partial charge in [-0.2, -0.15) is 0 Å². The Morgan fingerprint density at radius 3 is 2.66 bits per heavy atom. The number of benzene rings is 1. The van der Waals surface area contributed by atoms with E-state index in [4.69, 9.17) is 12.2 Å². The van der Waals surface area contributed by atoms with Crippen LogP contribution in [0.4, 0.5) is 0 Å². The molecule has 1 N–H and O–H groups in total. The van der Waals surface area contributed by atoms with E-state index in [9.17, 15) is 0 Å². The summed E-state index contributed by atoms with van der Waals surface area (Å²) in [6.07, 6.45) is 9.01. The molecule has 1 aliphatic heterocycles. The lowest BCUT2D eigenvalue weighted by Gasteiger charge is -2.33. The molecule has 3 aromatic rings. The molecule has 0 radical (unpaired) electrons. The van der Waals surface area contributed by atoms with Gasteiger partial charge in [-0.05, 0) is 73.9 Å². The van der Waals surface area contributed by atoms with Crippen molar-refractivity contribution in [3.8, 4) is 5.69 Å². The van der Waals surface area contributed by atoms with E-state index in [0.717, 1.165) is 10.8 Å². The molecule has 5 heteroatoms. The van der Waals surface area contributed by atoms with Crippen molar-refractivity contribution in [3.05, 3.63) is 83.9 Å². The van der Waals surface area contributed by atoms with Crippen molar-refractivity contribution in [1.82, 2.24) is 19.8 Å². The van der Waals surface area contributed by atoms with E-state index in [-0.39, 0.29) is 12.1 Å². The second kappa shape index (κ2) is 7.64. The Balaban J connectivity index is 1.62. The number of nitrogens with one attached hydrogen (secondary N) is 1. The fraction of sp³-hybridized carbons (Fsp3) is 0.333. The number of hydrogen-bond acceptors (Lipinski definition) is 2. The second-order valence-corrected chi connectivity index (χ2v) is 8.50. The average Bonchev–Trinajstić information content (AvgIpc) is 3.48. The van der Waals surface area contributed by atoms with Gasteiger partial charge >= 0.3 is 0 Å². The maximum Gasteiger partial charge on any atom is 0.170 e. The zero-order chi connectivity index (χ0) is 19.8. The fourth-order valence-electron chi connectivity index (χ4n) is 4.91. The number of thiocarbonyl (C=S) groups is 1. The van der Waals surface area contributed by atoms with Crippen molar-refractivity contribution in [2.45, 2.75) is 50.7 Å². The molecular formula is C24H26N4S. The van der Waals surface area contributed by atoms with Gasteiger partial charge in [-0.25, -0.2) is 0 Å². The molecule has 0 spiro atoms. The van der Waals surface area contributed by atoms with E-state index in [1.165, 1.54) is 42.6 Å². The molecule has 5 rings (SSSR count). The standard InChI is InChI=1S/C24H26N4S/c1-17-8-6-11-19(16-17)27-15-7-13-21(27)23-22(20-12-4-5-14-25-20)26-24(29)28(23)18-9-2-3-10-18/h4-8,11-16,18,22-23H,2-3,9-10H2,1H3,(H,26,29)/t22-,23-/m1/s1. The Kier molecular flexibility index (Phi) is 4.84. The summed E-state index contributed by atoms with van der Waals surface area (Å²) in [4.78, 5) is 7.14. The SMILES string of the molecule is Cc1cccc(-n2cccc2[C@@H]2[C@@H](c3ccccn3)NC(=S)N2C2CCCC2)c1. The first-order chi connectivity index (χ1) is 14.2. The van der Waals surface area contributed by atoms with Crippen LogP contribution in [0.1, 0.15) is 54.7 Å². The zero-order valence-corrected chi connectivity index (χ0v) is 17.5. The van der Waals surface area contributed by atoms with Crippen LogP contribution in [0.15, 0.2) is 67.0 Å². The monoisotopic (exact) mass is 402 g/mol. The van der Waals surface area contributed by atoms with Gasteiger partial charge in [0.2, 0.25) is 0 Å². The lowest BCUT2D eigenvalue weighted by molar-refractivity contribution is 0.239. The normalized spacial score (nSPS) is 22.2. The minimum Gasteiger partial charge on any atom is -0.352 e. The minimum atomic E-state index is 0.0442. The molecule has 1 saturated heterocycles. The van der Waals surface area contributed by atoms with Crippen molar-refractivity contribution >= 4 is 17.3 Å². The Labute approximate surface area is 177 Å². The van der Waals surface area contributed by atoms with Crippen molar-refractivity contribution in [3.63, 3.8) is 0 Å². The van der Waals surface area contributed by atoms with Crippen LogP contribution >= 0.6 is 12.2 Å². The first kappa shape index (κ1) is 18.4. The summed E-state index contributed by atoms with van der Waals surface area (Å²) in [5, 5.41) is 4.46. The molecule has 0 bridgehead atoms. The predicted molar refractivity (Wildman–Crippen MR) is 120 cm³/mol. The van der Waals surface area contributed by atoms with Gasteiger partial charge < -0.3 is 14.8 Å². The van der Waals surface area contributed by atoms with Crippen LogP contribution in [0.25, 0.3) is 5.69 Å². The Bertz CT molecular complexity index is 1010. The summed E-state index contributed by atoms with van der Waals surface area (Å²) < 4.78 is 2.31. The molecule has 0 unspecified atom stereocenters. The van der Waals surface area contributed by atoms with Crippen molar-refractivity contribution in [2.75, 3.05) is 0 Å². The molecule has 1 aliphatic carbocycles. The van der Waals surface area contributed by atoms with Crippen LogP contribution in [0.5, 0.6) is 0 Å². The number of aryl methyl sites for hydroxylation is 1. The number of hydrogen-bond donors (Lipinski definition) is 1. The number of rotatable bonds is 4. The van der Waals surface area contributed by atoms with E-state index in [1.54, 1.807) is 0 Å². The summed E-state index contributed by atoms with van der Waals surface area (Å²) in [5.41, 5.74) is 4.74. The minimum absolute atomic E-state index is 0.0442. The largest absolute Gasteiger partial charge is 0.352 e. The molecule has 0 amide bonds.